The van der Waals surface area contributed by atoms with Gasteiger partial charge in [-0.1, -0.05) is 68.4 Å². The Morgan fingerprint density at radius 2 is 1.68 bits per heavy atom. The van der Waals surface area contributed by atoms with E-state index in [2.05, 4.69) is 19.2 Å². The van der Waals surface area contributed by atoms with Crippen molar-refractivity contribution >= 4 is 40.6 Å². The first-order valence-corrected chi connectivity index (χ1v) is 10.4. The highest BCUT2D eigenvalue weighted by Gasteiger charge is 2.40. The van der Waals surface area contributed by atoms with Gasteiger partial charge in [-0.25, -0.2) is 9.80 Å². The summed E-state index contributed by atoms with van der Waals surface area (Å²) in [6, 6.07) is 14.5. The van der Waals surface area contributed by atoms with Gasteiger partial charge < -0.3 is 5.32 Å². The van der Waals surface area contributed by atoms with Crippen LogP contribution in [-0.4, -0.2) is 23.3 Å². The molecule has 0 spiro atoms. The maximum atomic E-state index is 12.8. The van der Waals surface area contributed by atoms with Gasteiger partial charge in [-0.05, 0) is 48.4 Å². The van der Waals surface area contributed by atoms with Crippen molar-refractivity contribution in [1.29, 1.82) is 0 Å². The van der Waals surface area contributed by atoms with Gasteiger partial charge in [0.15, 0.2) is 0 Å². The fourth-order valence-corrected chi connectivity index (χ4v) is 3.75. The number of unbranched alkanes of at least 4 members (excludes halogenated alkanes) is 2. The Balaban J connectivity index is 1.82. The highest BCUT2D eigenvalue weighted by molar-refractivity contribution is 6.31. The third kappa shape index (κ3) is 4.86. The van der Waals surface area contributed by atoms with Crippen molar-refractivity contribution in [2.75, 3.05) is 11.9 Å². The predicted octanol–water partition coefficient (Wildman–Crippen LogP) is 6.83. The lowest BCUT2D eigenvalue weighted by Gasteiger charge is -2.26. The molecule has 2 aromatic rings. The molecule has 1 heterocycles. The van der Waals surface area contributed by atoms with Crippen molar-refractivity contribution in [3.8, 4) is 0 Å². The van der Waals surface area contributed by atoms with Gasteiger partial charge in [0.1, 0.15) is 0 Å². The molecule has 0 radical (unpaired) electrons. The summed E-state index contributed by atoms with van der Waals surface area (Å²) in [7, 11) is 0. The minimum absolute atomic E-state index is 0.194. The van der Waals surface area contributed by atoms with Gasteiger partial charge in [0, 0.05) is 21.1 Å². The molecule has 0 bridgehead atoms. The number of benzene rings is 2. The highest BCUT2D eigenvalue weighted by Crippen LogP contribution is 2.36. The minimum Gasteiger partial charge on any atom is -0.306 e. The van der Waals surface area contributed by atoms with Crippen LogP contribution in [0, 0.1) is 5.41 Å². The van der Waals surface area contributed by atoms with E-state index >= 15 is 0 Å². The van der Waals surface area contributed by atoms with E-state index in [4.69, 9.17) is 28.3 Å². The van der Waals surface area contributed by atoms with Gasteiger partial charge in [-0.15, -0.1) is 0 Å². The molecule has 0 saturated carbocycles. The molecule has 0 saturated heterocycles. The molecule has 1 aliphatic heterocycles. The smallest absolute Gasteiger partial charge is 0.306 e. The maximum absolute atomic E-state index is 12.8. The number of nitrogens with zero attached hydrogens (tertiary/aromatic N) is 2. The van der Waals surface area contributed by atoms with Crippen LogP contribution >= 0.6 is 23.2 Å². The van der Waals surface area contributed by atoms with Crippen molar-refractivity contribution in [1.82, 2.24) is 5.01 Å². The molecule has 28 heavy (non-hydrogen) atoms. The molecule has 0 fully saturated rings. The highest BCUT2D eigenvalue weighted by atomic mass is 35.5. The Bertz CT molecular complexity index is 849. The summed E-state index contributed by atoms with van der Waals surface area (Å²) >= 11 is 12.0. The first kappa shape index (κ1) is 20.7. The van der Waals surface area contributed by atoms with E-state index in [1.807, 2.05) is 24.3 Å². The molecule has 1 atom stereocenters. The Morgan fingerprint density at radius 3 is 2.29 bits per heavy atom. The lowest BCUT2D eigenvalue weighted by atomic mass is 9.78. The number of carbonyl (C=O) groups excluding carboxylic acids is 1. The standard InChI is InChI=1S/C22H25Cl2N3O/c1-3-4-5-14-22(2)15-27(21(28)25-19-12-10-18(24)11-13-19)26-20(22)16-6-8-17(23)9-7-16/h6-13H,3-5,14-15H2,1-2H3,(H,25,28). The molecular formula is C22H25Cl2N3O. The van der Waals surface area contributed by atoms with E-state index in [9.17, 15) is 4.79 Å². The number of hydrogen-bond donors (Lipinski definition) is 1. The summed E-state index contributed by atoms with van der Waals surface area (Å²) in [6.45, 7) is 4.93. The summed E-state index contributed by atoms with van der Waals surface area (Å²) in [5.74, 6) is 0. The number of urea groups is 1. The fraction of sp³-hybridized carbons (Fsp3) is 0.364. The number of nitrogens with one attached hydrogen (secondary N) is 1. The zero-order valence-electron chi connectivity index (χ0n) is 16.2. The minimum atomic E-state index is -0.243. The van der Waals surface area contributed by atoms with Crippen LogP contribution in [-0.2, 0) is 0 Å². The molecule has 2 amide bonds. The summed E-state index contributed by atoms with van der Waals surface area (Å²) in [5, 5.41) is 10.4. The number of hydrogen-bond acceptors (Lipinski definition) is 2. The molecule has 1 N–H and O–H groups in total. The van der Waals surface area contributed by atoms with E-state index in [-0.39, 0.29) is 11.4 Å². The molecule has 4 nitrogen and oxygen atoms in total. The molecular weight excluding hydrogens is 393 g/mol. The molecule has 0 aromatic heterocycles. The second kappa shape index (κ2) is 8.97. The topological polar surface area (TPSA) is 44.7 Å². The van der Waals surface area contributed by atoms with Crippen LogP contribution in [0.15, 0.2) is 53.6 Å². The van der Waals surface area contributed by atoms with Crippen LogP contribution in [0.5, 0.6) is 0 Å². The van der Waals surface area contributed by atoms with Crippen molar-refractivity contribution in [3.05, 3.63) is 64.1 Å². The normalized spacial score (nSPS) is 18.9. The van der Waals surface area contributed by atoms with Gasteiger partial charge in [0.25, 0.3) is 0 Å². The molecule has 148 valence electrons. The van der Waals surface area contributed by atoms with Crippen LogP contribution in [0.2, 0.25) is 10.0 Å². The number of carbonyl (C=O) groups is 1. The van der Waals surface area contributed by atoms with Crippen molar-refractivity contribution < 1.29 is 4.79 Å². The summed E-state index contributed by atoms with van der Waals surface area (Å²) in [5.41, 5.74) is 2.44. The lowest BCUT2D eigenvalue weighted by molar-refractivity contribution is 0.206. The molecule has 6 heteroatoms. The van der Waals surface area contributed by atoms with Gasteiger partial charge in [0.05, 0.1) is 12.3 Å². The van der Waals surface area contributed by atoms with Gasteiger partial charge in [-0.3, -0.25) is 0 Å². The summed E-state index contributed by atoms with van der Waals surface area (Å²) in [6.07, 6.45) is 4.41. The Labute approximate surface area is 176 Å². The predicted molar refractivity (Wildman–Crippen MR) is 117 cm³/mol. The van der Waals surface area contributed by atoms with E-state index in [1.165, 1.54) is 11.4 Å². The average molecular weight is 418 g/mol. The maximum Gasteiger partial charge on any atom is 0.342 e. The lowest BCUT2D eigenvalue weighted by Crippen LogP contribution is -2.35. The third-order valence-corrected chi connectivity index (χ3v) is 5.57. The van der Waals surface area contributed by atoms with Crippen molar-refractivity contribution in [3.63, 3.8) is 0 Å². The Morgan fingerprint density at radius 1 is 1.07 bits per heavy atom. The quantitative estimate of drug-likeness (QED) is 0.514. The molecule has 3 rings (SSSR count). The largest absolute Gasteiger partial charge is 0.342 e. The van der Waals surface area contributed by atoms with Crippen molar-refractivity contribution in [2.45, 2.75) is 39.5 Å². The fourth-order valence-electron chi connectivity index (χ4n) is 3.50. The average Bonchev–Trinajstić information content (AvgIpc) is 3.02. The van der Waals surface area contributed by atoms with Gasteiger partial charge in [0.2, 0.25) is 0 Å². The number of rotatable bonds is 6. The number of amides is 2. The van der Waals surface area contributed by atoms with Crippen LogP contribution < -0.4 is 5.32 Å². The summed E-state index contributed by atoms with van der Waals surface area (Å²) in [4.78, 5) is 12.8. The molecule has 1 aliphatic rings. The Hall–Kier alpha value is -2.04. The van der Waals surface area contributed by atoms with Crippen LogP contribution in [0.1, 0.15) is 45.1 Å². The SMILES string of the molecule is CCCCCC1(C)CN(C(=O)Nc2ccc(Cl)cc2)N=C1c1ccc(Cl)cc1. The van der Waals surface area contributed by atoms with Gasteiger partial charge >= 0.3 is 6.03 Å². The van der Waals surface area contributed by atoms with Crippen molar-refractivity contribution in [2.24, 2.45) is 10.5 Å². The van der Waals surface area contributed by atoms with Gasteiger partial charge in [-0.2, -0.15) is 5.10 Å². The zero-order valence-corrected chi connectivity index (χ0v) is 17.7. The van der Waals surface area contributed by atoms with E-state index in [1.54, 1.807) is 24.3 Å². The Kier molecular flexibility index (Phi) is 6.63. The van der Waals surface area contributed by atoms with Crippen LogP contribution in [0.4, 0.5) is 10.5 Å². The number of hydrazone groups is 1. The molecule has 0 aliphatic carbocycles. The second-order valence-corrected chi connectivity index (χ2v) is 8.34. The summed E-state index contributed by atoms with van der Waals surface area (Å²) < 4.78 is 0. The van der Waals surface area contributed by atoms with E-state index in [0.717, 1.165) is 30.5 Å². The molecule has 1 unspecified atom stereocenters. The zero-order chi connectivity index (χ0) is 20.1. The second-order valence-electron chi connectivity index (χ2n) is 7.47. The molecule has 2 aromatic carbocycles. The number of halogens is 2. The van der Waals surface area contributed by atoms with Crippen LogP contribution in [0.3, 0.4) is 0 Å². The third-order valence-electron chi connectivity index (χ3n) is 5.07. The van der Waals surface area contributed by atoms with E-state index in [0.29, 0.717) is 22.3 Å². The first-order chi connectivity index (χ1) is 13.4. The number of anilines is 1. The van der Waals surface area contributed by atoms with Crippen LogP contribution in [0.25, 0.3) is 0 Å². The van der Waals surface area contributed by atoms with E-state index < -0.39 is 0 Å². The first-order valence-electron chi connectivity index (χ1n) is 9.60. The monoisotopic (exact) mass is 417 g/mol.